The Labute approximate surface area is 160 Å². The molecule has 138 valence electrons. The molecule has 0 N–H and O–H groups in total. The first kappa shape index (κ1) is 18.7. The molecule has 0 amide bonds. The highest BCUT2D eigenvalue weighted by Crippen LogP contribution is 2.53. The number of nitro groups is 2. The minimum absolute atomic E-state index is 0.197. The number of thiophene rings is 1. The summed E-state index contributed by atoms with van der Waals surface area (Å²) in [7, 11) is 0. The average Bonchev–Trinajstić information content (AvgIpc) is 2.95. The predicted octanol–water partition coefficient (Wildman–Crippen LogP) is 6.13. The van der Waals surface area contributed by atoms with Gasteiger partial charge in [-0.2, -0.15) is 0 Å². The largest absolute Gasteiger partial charge is 0.338 e. The van der Waals surface area contributed by atoms with E-state index in [1.54, 1.807) is 0 Å². The minimum Gasteiger partial charge on any atom is -0.258 e. The highest BCUT2D eigenvalue weighted by atomic mass is 32.1. The topological polar surface area (TPSA) is 86.3 Å². The fourth-order valence-corrected chi connectivity index (χ4v) is 4.49. The van der Waals surface area contributed by atoms with E-state index in [1.807, 2.05) is 64.1 Å². The van der Waals surface area contributed by atoms with Crippen molar-refractivity contribution in [2.45, 2.75) is 27.7 Å². The van der Waals surface area contributed by atoms with Gasteiger partial charge in [0.15, 0.2) is 0 Å². The van der Waals surface area contributed by atoms with E-state index >= 15 is 0 Å². The van der Waals surface area contributed by atoms with Gasteiger partial charge in [0, 0.05) is 11.3 Å². The molecule has 0 atom stereocenters. The van der Waals surface area contributed by atoms with E-state index in [4.69, 9.17) is 0 Å². The monoisotopic (exact) mass is 382 g/mol. The molecule has 0 aliphatic carbocycles. The molecule has 0 fully saturated rings. The molecule has 6 nitrogen and oxygen atoms in total. The summed E-state index contributed by atoms with van der Waals surface area (Å²) < 4.78 is 0. The quantitative estimate of drug-likeness (QED) is 0.401. The standard InChI is InChI=1S/C20H18N2O4S/c1-11-7-5-8-12(2)15(11)17-18(16-13(3)9-6-10-14(16)4)20(22(25)26)27-19(17)21(23)24/h5-10H,1-4H3. The number of nitrogens with zero attached hydrogens (tertiary/aromatic N) is 2. The highest BCUT2D eigenvalue weighted by Gasteiger charge is 2.36. The molecule has 7 heteroatoms. The lowest BCUT2D eigenvalue weighted by Crippen LogP contribution is -1.97. The van der Waals surface area contributed by atoms with E-state index in [0.717, 1.165) is 22.3 Å². The SMILES string of the molecule is Cc1cccc(C)c1-c1c([N+](=O)[O-])sc([N+](=O)[O-])c1-c1c(C)cccc1C. The zero-order valence-electron chi connectivity index (χ0n) is 15.4. The van der Waals surface area contributed by atoms with E-state index in [1.165, 1.54) is 0 Å². The van der Waals surface area contributed by atoms with E-state index < -0.39 is 9.85 Å². The van der Waals surface area contributed by atoms with Crippen LogP contribution in [0.4, 0.5) is 10.0 Å². The summed E-state index contributed by atoms with van der Waals surface area (Å²) in [5.41, 5.74) is 5.43. The molecule has 0 unspecified atom stereocenters. The molecule has 0 saturated carbocycles. The van der Waals surface area contributed by atoms with Crippen LogP contribution in [0.5, 0.6) is 0 Å². The van der Waals surface area contributed by atoms with E-state index in [9.17, 15) is 20.2 Å². The molecular weight excluding hydrogens is 364 g/mol. The molecule has 0 aliphatic rings. The van der Waals surface area contributed by atoms with Crippen molar-refractivity contribution in [1.29, 1.82) is 0 Å². The lowest BCUT2D eigenvalue weighted by atomic mass is 9.88. The van der Waals surface area contributed by atoms with Crippen LogP contribution in [0.15, 0.2) is 36.4 Å². The molecule has 0 spiro atoms. The fraction of sp³-hybridized carbons (Fsp3) is 0.200. The third kappa shape index (κ3) is 3.10. The second-order valence-corrected chi connectivity index (χ2v) is 7.49. The Hall–Kier alpha value is -3.06. The van der Waals surface area contributed by atoms with Crippen molar-refractivity contribution in [2.75, 3.05) is 0 Å². The molecule has 2 aromatic carbocycles. The normalized spacial score (nSPS) is 10.8. The van der Waals surface area contributed by atoms with Gasteiger partial charge in [-0.25, -0.2) is 0 Å². The second kappa shape index (κ2) is 6.92. The highest BCUT2D eigenvalue weighted by molar-refractivity contribution is 7.19. The van der Waals surface area contributed by atoms with Crippen LogP contribution in [0.2, 0.25) is 0 Å². The summed E-state index contributed by atoms with van der Waals surface area (Å²) in [5, 5.41) is 23.2. The van der Waals surface area contributed by atoms with E-state index in [0.29, 0.717) is 33.6 Å². The van der Waals surface area contributed by atoms with Gasteiger partial charge in [0.1, 0.15) is 0 Å². The van der Waals surface area contributed by atoms with Gasteiger partial charge in [-0.15, -0.1) is 0 Å². The van der Waals surface area contributed by atoms with Crippen LogP contribution in [0.25, 0.3) is 22.3 Å². The van der Waals surface area contributed by atoms with Crippen LogP contribution < -0.4 is 0 Å². The van der Waals surface area contributed by atoms with Crippen LogP contribution in [-0.4, -0.2) is 9.85 Å². The molecule has 0 radical (unpaired) electrons. The van der Waals surface area contributed by atoms with Crippen molar-refractivity contribution in [2.24, 2.45) is 0 Å². The first-order valence-electron chi connectivity index (χ1n) is 8.32. The smallest absolute Gasteiger partial charge is 0.258 e. The molecule has 0 aliphatic heterocycles. The van der Waals surface area contributed by atoms with Gasteiger partial charge in [0.25, 0.3) is 0 Å². The van der Waals surface area contributed by atoms with Crippen LogP contribution in [0.3, 0.4) is 0 Å². The Balaban J connectivity index is 2.56. The predicted molar refractivity (Wildman–Crippen MR) is 107 cm³/mol. The third-order valence-electron chi connectivity index (χ3n) is 4.66. The molecule has 27 heavy (non-hydrogen) atoms. The Kier molecular flexibility index (Phi) is 4.80. The first-order valence-corrected chi connectivity index (χ1v) is 9.14. The maximum Gasteiger partial charge on any atom is 0.338 e. The van der Waals surface area contributed by atoms with Crippen molar-refractivity contribution >= 4 is 21.3 Å². The van der Waals surface area contributed by atoms with Crippen molar-refractivity contribution in [3.05, 3.63) is 78.9 Å². The molecular formula is C20H18N2O4S. The molecule has 1 heterocycles. The van der Waals surface area contributed by atoms with Crippen molar-refractivity contribution < 1.29 is 9.85 Å². The Bertz CT molecular complexity index is 961. The lowest BCUT2D eigenvalue weighted by molar-refractivity contribution is -0.382. The summed E-state index contributed by atoms with van der Waals surface area (Å²) in [6, 6.07) is 11.2. The molecule has 0 bridgehead atoms. The molecule has 0 saturated heterocycles. The zero-order chi connectivity index (χ0) is 19.9. The van der Waals surface area contributed by atoms with Gasteiger partial charge < -0.3 is 0 Å². The Morgan fingerprint density at radius 3 is 1.19 bits per heavy atom. The van der Waals surface area contributed by atoms with Crippen LogP contribution >= 0.6 is 11.3 Å². The molecule has 3 aromatic rings. The summed E-state index contributed by atoms with van der Waals surface area (Å²) in [6.45, 7) is 7.46. The zero-order valence-corrected chi connectivity index (χ0v) is 16.2. The van der Waals surface area contributed by atoms with Crippen LogP contribution in [-0.2, 0) is 0 Å². The minimum atomic E-state index is -0.518. The average molecular weight is 382 g/mol. The van der Waals surface area contributed by atoms with Gasteiger partial charge in [0.05, 0.1) is 21.0 Å². The summed E-state index contributed by atoms with van der Waals surface area (Å²) in [6.07, 6.45) is 0. The van der Waals surface area contributed by atoms with Crippen molar-refractivity contribution in [3.63, 3.8) is 0 Å². The van der Waals surface area contributed by atoms with Gasteiger partial charge in [0.2, 0.25) is 0 Å². The van der Waals surface area contributed by atoms with Crippen molar-refractivity contribution in [1.82, 2.24) is 0 Å². The van der Waals surface area contributed by atoms with E-state index in [2.05, 4.69) is 0 Å². The number of rotatable bonds is 4. The van der Waals surface area contributed by atoms with Crippen LogP contribution in [0, 0.1) is 47.9 Å². The maximum atomic E-state index is 11.8. The van der Waals surface area contributed by atoms with Gasteiger partial charge in [-0.05, 0) is 61.1 Å². The Morgan fingerprint density at radius 1 is 0.630 bits per heavy atom. The van der Waals surface area contributed by atoms with Gasteiger partial charge in [-0.3, -0.25) is 20.2 Å². The van der Waals surface area contributed by atoms with Gasteiger partial charge >= 0.3 is 10.0 Å². The van der Waals surface area contributed by atoms with Crippen LogP contribution in [0.1, 0.15) is 22.3 Å². The summed E-state index contributed by atoms with van der Waals surface area (Å²) >= 11 is 0.629. The lowest BCUT2D eigenvalue weighted by Gasteiger charge is -2.13. The first-order chi connectivity index (χ1) is 12.7. The summed E-state index contributed by atoms with van der Waals surface area (Å²) in [4.78, 5) is 22.6. The number of hydrogen-bond acceptors (Lipinski definition) is 5. The van der Waals surface area contributed by atoms with Gasteiger partial charge in [-0.1, -0.05) is 36.4 Å². The van der Waals surface area contributed by atoms with Crippen molar-refractivity contribution in [3.8, 4) is 22.3 Å². The Morgan fingerprint density at radius 2 is 0.926 bits per heavy atom. The second-order valence-electron chi connectivity index (χ2n) is 6.51. The van der Waals surface area contributed by atoms with E-state index in [-0.39, 0.29) is 10.0 Å². The maximum absolute atomic E-state index is 11.8. The fourth-order valence-electron chi connectivity index (χ4n) is 3.55. The third-order valence-corrected chi connectivity index (χ3v) is 5.76. The number of benzene rings is 2. The number of hydrogen-bond donors (Lipinski definition) is 0. The number of aryl methyl sites for hydroxylation is 4. The summed E-state index contributed by atoms with van der Waals surface area (Å²) in [5.74, 6) is 0. The molecule has 3 rings (SSSR count). The molecule has 1 aromatic heterocycles.